The Balaban J connectivity index is 2.08. The monoisotopic (exact) mass is 613 g/mol. The Kier molecular flexibility index (Phi) is 12.2. The molecule has 0 bridgehead atoms. The molecule has 2 amide bonds. The van der Waals surface area contributed by atoms with Crippen LogP contribution in [0.4, 0.5) is 5.69 Å². The van der Waals surface area contributed by atoms with Gasteiger partial charge in [-0.3, -0.25) is 13.9 Å². The lowest BCUT2D eigenvalue weighted by molar-refractivity contribution is -0.140. The lowest BCUT2D eigenvalue weighted by atomic mass is 10.1. The van der Waals surface area contributed by atoms with Gasteiger partial charge in [0.25, 0.3) is 10.0 Å². The standard InChI is InChI=1S/C32H40ClN3O5S/c1-5-8-21-34-32(38)28(6-2)35(22-25-15-13-24(4)14-16-25)31(37)23-36(29-11-9-10-12-30(29)41-7-3)42(39,40)27-19-17-26(33)18-20-27/h9-20,28H,5-8,21-23H2,1-4H3,(H,34,38)/t28-/m1/s1. The van der Waals surface area contributed by atoms with Crippen LogP contribution in [0.25, 0.3) is 0 Å². The molecular formula is C32H40ClN3O5S. The van der Waals surface area contributed by atoms with Crippen molar-refractivity contribution in [2.45, 2.75) is 64.4 Å². The highest BCUT2D eigenvalue weighted by Crippen LogP contribution is 2.33. The number of hydrogen-bond donors (Lipinski definition) is 1. The Labute approximate surface area is 254 Å². The molecule has 0 aliphatic heterocycles. The number of halogens is 1. The highest BCUT2D eigenvalue weighted by molar-refractivity contribution is 7.92. The average Bonchev–Trinajstić information content (AvgIpc) is 2.97. The van der Waals surface area contributed by atoms with E-state index in [1.807, 2.05) is 45.0 Å². The zero-order valence-electron chi connectivity index (χ0n) is 24.7. The highest BCUT2D eigenvalue weighted by Gasteiger charge is 2.34. The van der Waals surface area contributed by atoms with Crippen molar-refractivity contribution in [3.63, 3.8) is 0 Å². The number of nitrogens with zero attached hydrogens (tertiary/aromatic N) is 2. The number of sulfonamides is 1. The third-order valence-electron chi connectivity index (χ3n) is 6.80. The second-order valence-electron chi connectivity index (χ2n) is 9.94. The van der Waals surface area contributed by atoms with Gasteiger partial charge >= 0.3 is 0 Å². The first-order valence-corrected chi connectivity index (χ1v) is 16.1. The molecular weight excluding hydrogens is 574 g/mol. The van der Waals surface area contributed by atoms with Crippen molar-refractivity contribution in [3.05, 3.63) is 88.9 Å². The summed E-state index contributed by atoms with van der Waals surface area (Å²) in [5.74, 6) is -0.468. The Hall–Kier alpha value is -3.56. The van der Waals surface area contributed by atoms with Crippen molar-refractivity contribution < 1.29 is 22.7 Å². The number of ether oxygens (including phenoxy) is 1. The van der Waals surface area contributed by atoms with E-state index >= 15 is 0 Å². The number of rotatable bonds is 15. The Morgan fingerprint density at radius 3 is 2.24 bits per heavy atom. The molecule has 3 rings (SSSR count). The topological polar surface area (TPSA) is 96.0 Å². The molecule has 1 atom stereocenters. The molecule has 42 heavy (non-hydrogen) atoms. The Morgan fingerprint density at radius 1 is 0.952 bits per heavy atom. The summed E-state index contributed by atoms with van der Waals surface area (Å²) in [6.07, 6.45) is 2.09. The minimum absolute atomic E-state index is 0.0274. The van der Waals surface area contributed by atoms with Gasteiger partial charge < -0.3 is 15.0 Å². The molecule has 0 fully saturated rings. The lowest BCUT2D eigenvalue weighted by Crippen LogP contribution is -2.52. The summed E-state index contributed by atoms with van der Waals surface area (Å²) >= 11 is 6.04. The van der Waals surface area contributed by atoms with E-state index in [1.54, 1.807) is 31.2 Å². The minimum Gasteiger partial charge on any atom is -0.492 e. The number of benzene rings is 3. The van der Waals surface area contributed by atoms with Crippen LogP contribution in [-0.2, 0) is 26.2 Å². The van der Waals surface area contributed by atoms with Gasteiger partial charge in [-0.15, -0.1) is 0 Å². The molecule has 0 radical (unpaired) electrons. The second-order valence-corrected chi connectivity index (χ2v) is 12.2. The summed E-state index contributed by atoms with van der Waals surface area (Å²) in [5.41, 5.74) is 2.11. The fourth-order valence-corrected chi connectivity index (χ4v) is 6.05. The van der Waals surface area contributed by atoms with Crippen LogP contribution in [0.2, 0.25) is 5.02 Å². The van der Waals surface area contributed by atoms with Gasteiger partial charge in [-0.25, -0.2) is 8.42 Å². The molecule has 0 aliphatic rings. The average molecular weight is 614 g/mol. The van der Waals surface area contributed by atoms with Crippen LogP contribution in [0.15, 0.2) is 77.7 Å². The Bertz CT molecular complexity index is 1430. The van der Waals surface area contributed by atoms with E-state index in [0.29, 0.717) is 30.3 Å². The van der Waals surface area contributed by atoms with Crippen molar-refractivity contribution in [2.75, 3.05) is 24.0 Å². The molecule has 0 aromatic heterocycles. The quantitative estimate of drug-likeness (QED) is 0.213. The number of carbonyl (C=O) groups excluding carboxylic acids is 2. The normalized spacial score (nSPS) is 11.9. The van der Waals surface area contributed by atoms with E-state index < -0.39 is 28.5 Å². The van der Waals surface area contributed by atoms with Crippen molar-refractivity contribution >= 4 is 39.1 Å². The minimum atomic E-state index is -4.24. The third-order valence-corrected chi connectivity index (χ3v) is 8.83. The predicted octanol–water partition coefficient (Wildman–Crippen LogP) is 5.97. The van der Waals surface area contributed by atoms with Gasteiger partial charge in [-0.2, -0.15) is 0 Å². The molecule has 0 unspecified atom stereocenters. The van der Waals surface area contributed by atoms with Crippen molar-refractivity contribution in [3.8, 4) is 5.75 Å². The molecule has 10 heteroatoms. The number of unbranched alkanes of at least 4 members (excludes halogenated alkanes) is 1. The molecule has 3 aromatic rings. The molecule has 3 aromatic carbocycles. The molecule has 226 valence electrons. The molecule has 1 N–H and O–H groups in total. The number of anilines is 1. The lowest BCUT2D eigenvalue weighted by Gasteiger charge is -2.33. The van der Waals surface area contributed by atoms with Gasteiger partial charge in [0.15, 0.2) is 0 Å². The maximum atomic E-state index is 14.2. The molecule has 0 saturated carbocycles. The van der Waals surface area contributed by atoms with Crippen LogP contribution < -0.4 is 14.4 Å². The molecule has 8 nitrogen and oxygen atoms in total. The molecule has 0 spiro atoms. The predicted molar refractivity (Wildman–Crippen MR) is 167 cm³/mol. The van der Waals surface area contributed by atoms with Crippen LogP contribution in [0.1, 0.15) is 51.2 Å². The van der Waals surface area contributed by atoms with Crippen LogP contribution in [0.5, 0.6) is 5.75 Å². The number of aryl methyl sites for hydroxylation is 1. The van der Waals surface area contributed by atoms with Gasteiger partial charge in [0.1, 0.15) is 18.3 Å². The van der Waals surface area contributed by atoms with Crippen LogP contribution in [0, 0.1) is 6.92 Å². The third kappa shape index (κ3) is 8.49. The SMILES string of the molecule is CCCCNC(=O)[C@@H](CC)N(Cc1ccc(C)cc1)C(=O)CN(c1ccccc1OCC)S(=O)(=O)c1ccc(Cl)cc1. The smallest absolute Gasteiger partial charge is 0.264 e. The first-order valence-electron chi connectivity index (χ1n) is 14.2. The molecule has 0 heterocycles. The van der Waals surface area contributed by atoms with Crippen LogP contribution in [0.3, 0.4) is 0 Å². The summed E-state index contributed by atoms with van der Waals surface area (Å²) in [6, 6.07) is 19.4. The number of para-hydroxylation sites is 2. The van der Waals surface area contributed by atoms with E-state index in [1.165, 1.54) is 29.2 Å². The zero-order valence-corrected chi connectivity index (χ0v) is 26.2. The maximum Gasteiger partial charge on any atom is 0.264 e. The largest absolute Gasteiger partial charge is 0.492 e. The summed E-state index contributed by atoms with van der Waals surface area (Å²) in [4.78, 5) is 29.0. The van der Waals surface area contributed by atoms with Crippen molar-refractivity contribution in [1.82, 2.24) is 10.2 Å². The first-order chi connectivity index (χ1) is 20.1. The second kappa shape index (κ2) is 15.6. The fourth-order valence-electron chi connectivity index (χ4n) is 4.50. The highest BCUT2D eigenvalue weighted by atomic mass is 35.5. The molecule has 0 saturated heterocycles. The zero-order chi connectivity index (χ0) is 30.7. The van der Waals surface area contributed by atoms with E-state index in [2.05, 4.69) is 5.32 Å². The number of hydrogen-bond acceptors (Lipinski definition) is 5. The van der Waals surface area contributed by atoms with Crippen LogP contribution in [-0.4, -0.2) is 50.9 Å². The first kappa shape index (κ1) is 32.9. The van der Waals surface area contributed by atoms with E-state index in [9.17, 15) is 18.0 Å². The maximum absolute atomic E-state index is 14.2. The van der Waals surface area contributed by atoms with Gasteiger partial charge in [0.05, 0.1) is 17.2 Å². The van der Waals surface area contributed by atoms with Gasteiger partial charge in [-0.1, -0.05) is 73.8 Å². The number of carbonyl (C=O) groups is 2. The summed E-state index contributed by atoms with van der Waals surface area (Å²) in [6.45, 7) is 8.04. The van der Waals surface area contributed by atoms with E-state index in [0.717, 1.165) is 28.3 Å². The van der Waals surface area contributed by atoms with Crippen molar-refractivity contribution in [2.24, 2.45) is 0 Å². The van der Waals surface area contributed by atoms with Crippen molar-refractivity contribution in [1.29, 1.82) is 0 Å². The van der Waals surface area contributed by atoms with Gasteiger partial charge in [0.2, 0.25) is 11.8 Å². The summed E-state index contributed by atoms with van der Waals surface area (Å²) in [5, 5.41) is 3.32. The molecule has 0 aliphatic carbocycles. The number of nitrogens with one attached hydrogen (secondary N) is 1. The van der Waals surface area contributed by atoms with E-state index in [-0.39, 0.29) is 23.0 Å². The number of amides is 2. The Morgan fingerprint density at radius 2 is 1.62 bits per heavy atom. The summed E-state index contributed by atoms with van der Waals surface area (Å²) in [7, 11) is -4.24. The van der Waals surface area contributed by atoms with Gasteiger partial charge in [0, 0.05) is 18.1 Å². The van der Waals surface area contributed by atoms with E-state index in [4.69, 9.17) is 16.3 Å². The van der Waals surface area contributed by atoms with Gasteiger partial charge in [-0.05, 0) is 68.7 Å². The fraction of sp³-hybridized carbons (Fsp3) is 0.375. The summed E-state index contributed by atoms with van der Waals surface area (Å²) < 4.78 is 35.0. The van der Waals surface area contributed by atoms with Crippen LogP contribution >= 0.6 is 11.6 Å².